The Morgan fingerprint density at radius 2 is 2.17 bits per heavy atom. The van der Waals surface area contributed by atoms with Crippen molar-refractivity contribution in [1.82, 2.24) is 4.98 Å². The molecule has 18 heavy (non-hydrogen) atoms. The zero-order valence-electron chi connectivity index (χ0n) is 8.96. The van der Waals surface area contributed by atoms with Gasteiger partial charge in [0.1, 0.15) is 5.82 Å². The standard InChI is InChI=1S/C11H8ClF3N2O/c12-9-3-8(11(13,14)15)5-17-10(9)16-4-7-1-2-18-6-7/h1-3,5-6H,4H2,(H,16,17). The number of hydrogen-bond acceptors (Lipinski definition) is 3. The molecule has 0 fully saturated rings. The molecule has 96 valence electrons. The molecule has 2 aromatic heterocycles. The van der Waals surface area contributed by atoms with E-state index in [-0.39, 0.29) is 10.8 Å². The maximum Gasteiger partial charge on any atom is 0.417 e. The topological polar surface area (TPSA) is 38.1 Å². The molecule has 0 unspecified atom stereocenters. The van der Waals surface area contributed by atoms with Gasteiger partial charge in [-0.15, -0.1) is 0 Å². The maximum atomic E-state index is 12.4. The predicted molar refractivity (Wildman–Crippen MR) is 60.3 cm³/mol. The molecule has 0 saturated carbocycles. The molecule has 2 heterocycles. The predicted octanol–water partition coefficient (Wildman–Crippen LogP) is 3.96. The fourth-order valence-corrected chi connectivity index (χ4v) is 1.54. The molecular formula is C11H8ClF3N2O. The van der Waals surface area contributed by atoms with Gasteiger partial charge in [0.05, 0.1) is 23.1 Å². The van der Waals surface area contributed by atoms with Crippen molar-refractivity contribution in [2.75, 3.05) is 5.32 Å². The van der Waals surface area contributed by atoms with Gasteiger partial charge in [-0.3, -0.25) is 0 Å². The van der Waals surface area contributed by atoms with Crippen LogP contribution in [0.4, 0.5) is 19.0 Å². The molecule has 0 spiro atoms. The Morgan fingerprint density at radius 1 is 1.39 bits per heavy atom. The highest BCUT2D eigenvalue weighted by molar-refractivity contribution is 6.32. The SMILES string of the molecule is FC(F)(F)c1cnc(NCc2ccoc2)c(Cl)c1. The van der Waals surface area contributed by atoms with Crippen LogP contribution in [0.25, 0.3) is 0 Å². The minimum atomic E-state index is -4.44. The number of aromatic nitrogens is 1. The summed E-state index contributed by atoms with van der Waals surface area (Å²) in [6.07, 6.45) is -0.687. The highest BCUT2D eigenvalue weighted by Gasteiger charge is 2.31. The Labute approximate surface area is 106 Å². The monoisotopic (exact) mass is 276 g/mol. The Morgan fingerprint density at radius 3 is 2.72 bits per heavy atom. The van der Waals surface area contributed by atoms with E-state index in [0.717, 1.165) is 17.8 Å². The molecule has 2 rings (SSSR count). The Balaban J connectivity index is 2.10. The van der Waals surface area contributed by atoms with E-state index in [1.165, 1.54) is 12.5 Å². The van der Waals surface area contributed by atoms with E-state index in [1.54, 1.807) is 6.07 Å². The first kappa shape index (κ1) is 12.8. The van der Waals surface area contributed by atoms with E-state index in [4.69, 9.17) is 16.0 Å². The van der Waals surface area contributed by atoms with Crippen molar-refractivity contribution < 1.29 is 17.6 Å². The van der Waals surface area contributed by atoms with Crippen molar-refractivity contribution in [3.63, 3.8) is 0 Å². The molecule has 0 amide bonds. The number of rotatable bonds is 3. The molecular weight excluding hydrogens is 269 g/mol. The number of furan rings is 1. The molecule has 0 radical (unpaired) electrons. The first-order chi connectivity index (χ1) is 8.47. The zero-order valence-corrected chi connectivity index (χ0v) is 9.72. The summed E-state index contributed by atoms with van der Waals surface area (Å²) in [6, 6.07) is 2.57. The van der Waals surface area contributed by atoms with E-state index in [0.29, 0.717) is 6.54 Å². The second kappa shape index (κ2) is 4.89. The Hall–Kier alpha value is -1.69. The number of alkyl halides is 3. The van der Waals surface area contributed by atoms with Gasteiger partial charge in [0, 0.05) is 18.3 Å². The molecule has 0 atom stereocenters. The van der Waals surface area contributed by atoms with Crippen LogP contribution >= 0.6 is 11.6 Å². The third-order valence-electron chi connectivity index (χ3n) is 2.21. The smallest absolute Gasteiger partial charge is 0.417 e. The molecule has 0 aliphatic heterocycles. The summed E-state index contributed by atoms with van der Waals surface area (Å²) >= 11 is 5.73. The van der Waals surface area contributed by atoms with Crippen LogP contribution in [-0.4, -0.2) is 4.98 Å². The van der Waals surface area contributed by atoms with Crippen molar-refractivity contribution in [2.45, 2.75) is 12.7 Å². The summed E-state index contributed by atoms with van der Waals surface area (Å²) in [5, 5.41) is 2.75. The van der Waals surface area contributed by atoms with Gasteiger partial charge in [0.25, 0.3) is 0 Å². The van der Waals surface area contributed by atoms with Crippen LogP contribution in [0.15, 0.2) is 35.3 Å². The normalized spacial score (nSPS) is 11.6. The molecule has 0 aliphatic rings. The van der Waals surface area contributed by atoms with E-state index < -0.39 is 11.7 Å². The average Bonchev–Trinajstić information content (AvgIpc) is 2.79. The summed E-state index contributed by atoms with van der Waals surface area (Å²) in [6.45, 7) is 0.370. The summed E-state index contributed by atoms with van der Waals surface area (Å²) < 4.78 is 42.0. The van der Waals surface area contributed by atoms with Crippen molar-refractivity contribution in [3.05, 3.63) is 47.0 Å². The number of halogens is 4. The lowest BCUT2D eigenvalue weighted by molar-refractivity contribution is -0.137. The van der Waals surface area contributed by atoms with Gasteiger partial charge >= 0.3 is 6.18 Å². The Kier molecular flexibility index (Phi) is 3.47. The maximum absolute atomic E-state index is 12.4. The second-order valence-electron chi connectivity index (χ2n) is 3.54. The first-order valence-corrected chi connectivity index (χ1v) is 5.32. The van der Waals surface area contributed by atoms with E-state index >= 15 is 0 Å². The molecule has 0 aromatic carbocycles. The number of hydrogen-bond donors (Lipinski definition) is 1. The van der Waals surface area contributed by atoms with E-state index in [2.05, 4.69) is 10.3 Å². The van der Waals surface area contributed by atoms with Crippen molar-refractivity contribution in [2.24, 2.45) is 0 Å². The van der Waals surface area contributed by atoms with Gasteiger partial charge in [-0.05, 0) is 12.1 Å². The van der Waals surface area contributed by atoms with E-state index in [9.17, 15) is 13.2 Å². The molecule has 0 bridgehead atoms. The van der Waals surface area contributed by atoms with Crippen LogP contribution in [0.5, 0.6) is 0 Å². The van der Waals surface area contributed by atoms with Crippen LogP contribution in [0.1, 0.15) is 11.1 Å². The highest BCUT2D eigenvalue weighted by atomic mass is 35.5. The highest BCUT2D eigenvalue weighted by Crippen LogP contribution is 2.32. The zero-order chi connectivity index (χ0) is 13.2. The van der Waals surface area contributed by atoms with Gasteiger partial charge in [-0.2, -0.15) is 13.2 Å². The van der Waals surface area contributed by atoms with E-state index in [1.807, 2.05) is 0 Å². The third kappa shape index (κ3) is 2.95. The van der Waals surface area contributed by atoms with Crippen LogP contribution in [0, 0.1) is 0 Å². The molecule has 7 heteroatoms. The van der Waals surface area contributed by atoms with Gasteiger partial charge in [-0.25, -0.2) is 4.98 Å². The van der Waals surface area contributed by atoms with Crippen molar-refractivity contribution in [3.8, 4) is 0 Å². The molecule has 2 aromatic rings. The summed E-state index contributed by atoms with van der Waals surface area (Å²) in [5.74, 6) is 0.200. The van der Waals surface area contributed by atoms with Crippen LogP contribution in [0.3, 0.4) is 0 Å². The van der Waals surface area contributed by atoms with Crippen molar-refractivity contribution >= 4 is 17.4 Å². The second-order valence-corrected chi connectivity index (χ2v) is 3.94. The van der Waals surface area contributed by atoms with Crippen molar-refractivity contribution in [1.29, 1.82) is 0 Å². The molecule has 3 nitrogen and oxygen atoms in total. The fourth-order valence-electron chi connectivity index (χ4n) is 1.30. The minimum Gasteiger partial charge on any atom is -0.472 e. The quantitative estimate of drug-likeness (QED) is 0.922. The fraction of sp³-hybridized carbons (Fsp3) is 0.182. The first-order valence-electron chi connectivity index (χ1n) is 4.94. The Bertz CT molecular complexity index is 526. The van der Waals surface area contributed by atoms with Crippen LogP contribution in [0.2, 0.25) is 5.02 Å². The lowest BCUT2D eigenvalue weighted by Crippen LogP contribution is -2.07. The lowest BCUT2D eigenvalue weighted by Gasteiger charge is -2.10. The largest absolute Gasteiger partial charge is 0.472 e. The van der Waals surface area contributed by atoms with Gasteiger partial charge < -0.3 is 9.73 Å². The van der Waals surface area contributed by atoms with Gasteiger partial charge in [0.15, 0.2) is 0 Å². The summed E-state index contributed by atoms with van der Waals surface area (Å²) in [5.41, 5.74) is -0.0332. The lowest BCUT2D eigenvalue weighted by atomic mass is 10.2. The minimum absolute atomic E-state index is 0.0756. The molecule has 0 aliphatic carbocycles. The third-order valence-corrected chi connectivity index (χ3v) is 2.50. The summed E-state index contributed by atoms with van der Waals surface area (Å²) in [4.78, 5) is 3.65. The van der Waals surface area contributed by atoms with Gasteiger partial charge in [0.2, 0.25) is 0 Å². The number of pyridine rings is 1. The number of nitrogens with one attached hydrogen (secondary N) is 1. The van der Waals surface area contributed by atoms with Gasteiger partial charge in [-0.1, -0.05) is 11.6 Å². The average molecular weight is 277 g/mol. The summed E-state index contributed by atoms with van der Waals surface area (Å²) in [7, 11) is 0. The van der Waals surface area contributed by atoms with Crippen LogP contribution in [-0.2, 0) is 12.7 Å². The molecule has 1 N–H and O–H groups in total. The van der Waals surface area contributed by atoms with Crippen LogP contribution < -0.4 is 5.32 Å². The molecule has 0 saturated heterocycles. The number of anilines is 1. The number of nitrogens with zero attached hydrogens (tertiary/aromatic N) is 1.